The predicted octanol–water partition coefficient (Wildman–Crippen LogP) is 2.81. The standard InChI is InChI=1S/C13H14ClN5/c1-8-7-9(2)17-13(16-8)19-12(15)18-11-6-4-3-5-10(11)14/h3-7H,1-2H3,(H3,15,16,17,18,19). The summed E-state index contributed by atoms with van der Waals surface area (Å²) in [6, 6.07) is 9.15. The van der Waals surface area contributed by atoms with E-state index in [1.54, 1.807) is 6.07 Å². The van der Waals surface area contributed by atoms with Gasteiger partial charge in [-0.05, 0) is 32.0 Å². The molecule has 0 bridgehead atoms. The van der Waals surface area contributed by atoms with Crippen molar-refractivity contribution in [2.24, 2.45) is 10.7 Å². The number of nitrogens with two attached hydrogens (primary N) is 1. The second-order valence-electron chi connectivity index (χ2n) is 4.05. The number of guanidine groups is 1. The highest BCUT2D eigenvalue weighted by atomic mass is 35.5. The SMILES string of the molecule is Cc1cc(C)nc(/N=C(\N)Nc2ccccc2Cl)n1. The first-order chi connectivity index (χ1) is 9.04. The van der Waals surface area contributed by atoms with Crippen molar-refractivity contribution in [2.45, 2.75) is 13.8 Å². The van der Waals surface area contributed by atoms with Gasteiger partial charge in [-0.25, -0.2) is 9.97 Å². The molecule has 0 atom stereocenters. The van der Waals surface area contributed by atoms with Crippen molar-refractivity contribution in [3.63, 3.8) is 0 Å². The quantitative estimate of drug-likeness (QED) is 0.653. The Bertz CT molecular complexity index is 604. The van der Waals surface area contributed by atoms with E-state index in [9.17, 15) is 0 Å². The Morgan fingerprint density at radius 1 is 1.21 bits per heavy atom. The number of nitrogens with zero attached hydrogens (tertiary/aromatic N) is 3. The minimum atomic E-state index is 0.193. The molecule has 0 spiro atoms. The van der Waals surface area contributed by atoms with Gasteiger partial charge in [0.2, 0.25) is 5.96 Å². The zero-order valence-electron chi connectivity index (χ0n) is 10.7. The van der Waals surface area contributed by atoms with Crippen molar-refractivity contribution in [1.29, 1.82) is 0 Å². The molecule has 3 N–H and O–H groups in total. The van der Waals surface area contributed by atoms with Crippen LogP contribution in [0.5, 0.6) is 0 Å². The van der Waals surface area contributed by atoms with Crippen LogP contribution in [0.2, 0.25) is 5.02 Å². The number of benzene rings is 1. The van der Waals surface area contributed by atoms with Gasteiger partial charge in [0.05, 0.1) is 10.7 Å². The Kier molecular flexibility index (Phi) is 3.97. The van der Waals surface area contributed by atoms with Gasteiger partial charge in [-0.1, -0.05) is 23.7 Å². The van der Waals surface area contributed by atoms with Crippen molar-refractivity contribution in [3.05, 3.63) is 46.7 Å². The van der Waals surface area contributed by atoms with E-state index in [0.29, 0.717) is 16.7 Å². The van der Waals surface area contributed by atoms with E-state index in [1.807, 2.05) is 38.1 Å². The third-order valence-corrected chi connectivity index (χ3v) is 2.66. The van der Waals surface area contributed by atoms with Gasteiger partial charge in [-0.15, -0.1) is 0 Å². The summed E-state index contributed by atoms with van der Waals surface area (Å²) in [4.78, 5) is 12.5. The number of hydrogen-bond donors (Lipinski definition) is 2. The lowest BCUT2D eigenvalue weighted by molar-refractivity contribution is 1.04. The molecular formula is C13H14ClN5. The molecular weight excluding hydrogens is 262 g/mol. The maximum absolute atomic E-state index is 6.02. The molecule has 19 heavy (non-hydrogen) atoms. The van der Waals surface area contributed by atoms with Crippen molar-refractivity contribution in [2.75, 3.05) is 5.32 Å². The average Bonchev–Trinajstić information content (AvgIpc) is 2.30. The summed E-state index contributed by atoms with van der Waals surface area (Å²) in [5.41, 5.74) is 8.19. The van der Waals surface area contributed by atoms with Crippen LogP contribution in [0.15, 0.2) is 35.3 Å². The molecule has 6 heteroatoms. The van der Waals surface area contributed by atoms with Crippen molar-refractivity contribution in [1.82, 2.24) is 9.97 Å². The fourth-order valence-electron chi connectivity index (χ4n) is 1.59. The Labute approximate surface area is 116 Å². The molecule has 0 saturated heterocycles. The van der Waals surface area contributed by atoms with Crippen LogP contribution >= 0.6 is 11.6 Å². The minimum absolute atomic E-state index is 0.193. The first-order valence-corrected chi connectivity index (χ1v) is 6.10. The van der Waals surface area contributed by atoms with Crippen LogP contribution in [0, 0.1) is 13.8 Å². The van der Waals surface area contributed by atoms with E-state index in [-0.39, 0.29) is 5.96 Å². The highest BCUT2D eigenvalue weighted by Crippen LogP contribution is 2.20. The molecule has 0 radical (unpaired) electrons. The summed E-state index contributed by atoms with van der Waals surface area (Å²) in [6.07, 6.45) is 0. The first kappa shape index (κ1) is 13.3. The Morgan fingerprint density at radius 2 is 1.84 bits per heavy atom. The number of halogens is 1. The number of aromatic nitrogens is 2. The van der Waals surface area contributed by atoms with Gasteiger partial charge in [-0.2, -0.15) is 4.99 Å². The molecule has 5 nitrogen and oxygen atoms in total. The molecule has 0 aliphatic heterocycles. The lowest BCUT2D eigenvalue weighted by Crippen LogP contribution is -2.22. The Morgan fingerprint density at radius 3 is 2.47 bits per heavy atom. The molecule has 2 rings (SSSR count). The maximum atomic E-state index is 6.02. The third-order valence-electron chi connectivity index (χ3n) is 2.33. The van der Waals surface area contributed by atoms with E-state index < -0.39 is 0 Å². The lowest BCUT2D eigenvalue weighted by Gasteiger charge is -2.06. The second-order valence-corrected chi connectivity index (χ2v) is 4.46. The van der Waals surface area contributed by atoms with Gasteiger partial charge in [0, 0.05) is 11.4 Å². The molecule has 2 aromatic rings. The van der Waals surface area contributed by atoms with Crippen LogP contribution in [0.3, 0.4) is 0 Å². The number of para-hydroxylation sites is 1. The van der Waals surface area contributed by atoms with Crippen LogP contribution in [0.1, 0.15) is 11.4 Å². The monoisotopic (exact) mass is 275 g/mol. The van der Waals surface area contributed by atoms with Crippen molar-refractivity contribution >= 4 is 29.2 Å². The molecule has 0 unspecified atom stereocenters. The van der Waals surface area contributed by atoms with Crippen LogP contribution in [-0.4, -0.2) is 15.9 Å². The van der Waals surface area contributed by atoms with E-state index in [4.69, 9.17) is 17.3 Å². The van der Waals surface area contributed by atoms with E-state index in [1.165, 1.54) is 0 Å². The second kappa shape index (κ2) is 5.67. The molecule has 0 aliphatic carbocycles. The van der Waals surface area contributed by atoms with E-state index >= 15 is 0 Å². The summed E-state index contributed by atoms with van der Waals surface area (Å²) in [5.74, 6) is 0.521. The largest absolute Gasteiger partial charge is 0.369 e. The minimum Gasteiger partial charge on any atom is -0.369 e. The summed E-state index contributed by atoms with van der Waals surface area (Å²) < 4.78 is 0. The van der Waals surface area contributed by atoms with Crippen LogP contribution < -0.4 is 11.1 Å². The van der Waals surface area contributed by atoms with Crippen LogP contribution in [0.4, 0.5) is 11.6 Å². The molecule has 0 fully saturated rings. The number of anilines is 1. The Balaban J connectivity index is 2.22. The summed E-state index contributed by atoms with van der Waals surface area (Å²) in [7, 11) is 0. The average molecular weight is 276 g/mol. The number of hydrogen-bond acceptors (Lipinski definition) is 3. The molecule has 0 aliphatic rings. The summed E-state index contributed by atoms with van der Waals surface area (Å²) >= 11 is 6.02. The number of aliphatic imine (C=N–C) groups is 1. The van der Waals surface area contributed by atoms with E-state index in [2.05, 4.69) is 20.3 Å². The van der Waals surface area contributed by atoms with Crippen molar-refractivity contribution < 1.29 is 0 Å². The molecule has 1 heterocycles. The van der Waals surface area contributed by atoms with Gasteiger partial charge >= 0.3 is 0 Å². The summed E-state index contributed by atoms with van der Waals surface area (Å²) in [5, 5.41) is 3.48. The van der Waals surface area contributed by atoms with Gasteiger partial charge in [0.25, 0.3) is 5.95 Å². The van der Waals surface area contributed by atoms with E-state index in [0.717, 1.165) is 11.4 Å². The highest BCUT2D eigenvalue weighted by molar-refractivity contribution is 6.33. The number of aryl methyl sites for hydroxylation is 2. The lowest BCUT2D eigenvalue weighted by atomic mass is 10.3. The van der Waals surface area contributed by atoms with Crippen LogP contribution in [-0.2, 0) is 0 Å². The molecule has 0 amide bonds. The van der Waals surface area contributed by atoms with Gasteiger partial charge < -0.3 is 11.1 Å². The topological polar surface area (TPSA) is 76.2 Å². The number of rotatable bonds is 2. The highest BCUT2D eigenvalue weighted by Gasteiger charge is 2.02. The normalized spacial score (nSPS) is 11.4. The van der Waals surface area contributed by atoms with Gasteiger partial charge in [-0.3, -0.25) is 0 Å². The Hall–Kier alpha value is -2.14. The van der Waals surface area contributed by atoms with Gasteiger partial charge in [0.15, 0.2) is 0 Å². The number of nitrogens with one attached hydrogen (secondary N) is 1. The molecule has 1 aromatic heterocycles. The summed E-state index contributed by atoms with van der Waals surface area (Å²) in [6.45, 7) is 3.76. The van der Waals surface area contributed by atoms with Crippen LogP contribution in [0.25, 0.3) is 0 Å². The first-order valence-electron chi connectivity index (χ1n) is 5.72. The molecule has 1 aromatic carbocycles. The molecule has 98 valence electrons. The zero-order chi connectivity index (χ0) is 13.8. The fourth-order valence-corrected chi connectivity index (χ4v) is 1.78. The zero-order valence-corrected chi connectivity index (χ0v) is 11.4. The maximum Gasteiger partial charge on any atom is 0.253 e. The van der Waals surface area contributed by atoms with Crippen molar-refractivity contribution in [3.8, 4) is 0 Å². The molecule has 0 saturated carbocycles. The third kappa shape index (κ3) is 3.66. The predicted molar refractivity (Wildman–Crippen MR) is 77.9 cm³/mol. The fraction of sp³-hybridized carbons (Fsp3) is 0.154. The smallest absolute Gasteiger partial charge is 0.253 e. The van der Waals surface area contributed by atoms with Gasteiger partial charge in [0.1, 0.15) is 0 Å².